The van der Waals surface area contributed by atoms with Gasteiger partial charge in [-0.1, -0.05) is 48.5 Å². The van der Waals surface area contributed by atoms with Gasteiger partial charge in [0.15, 0.2) is 6.04 Å². The molecule has 3 rings (SSSR count). The van der Waals surface area contributed by atoms with Crippen molar-refractivity contribution in [1.82, 2.24) is 5.32 Å². The molecule has 0 bridgehead atoms. The molecule has 6 nitrogen and oxygen atoms in total. The molecule has 0 fully saturated rings. The topological polar surface area (TPSA) is 95.9 Å². The van der Waals surface area contributed by atoms with E-state index in [0.717, 1.165) is 22.3 Å². The lowest BCUT2D eigenvalue weighted by molar-refractivity contribution is -0.142. The first-order chi connectivity index (χ1) is 12.5. The molecule has 0 aromatic heterocycles. The van der Waals surface area contributed by atoms with Crippen molar-refractivity contribution in [2.45, 2.75) is 25.0 Å². The van der Waals surface area contributed by atoms with Crippen LogP contribution in [0.4, 0.5) is 4.79 Å². The maximum absolute atomic E-state index is 12.0. The highest BCUT2D eigenvalue weighted by Gasteiger charge is 2.30. The third-order valence-corrected chi connectivity index (χ3v) is 4.35. The number of carboxylic acid groups (broad SMARTS) is 1. The fourth-order valence-electron chi connectivity index (χ4n) is 3.14. The number of hydrogen-bond acceptors (Lipinski definition) is 5. The van der Waals surface area contributed by atoms with Gasteiger partial charge in [-0.25, -0.2) is 9.59 Å². The van der Waals surface area contributed by atoms with Gasteiger partial charge in [0.05, 0.1) is 6.10 Å². The summed E-state index contributed by atoms with van der Waals surface area (Å²) in [6.45, 7) is 1.40. The van der Waals surface area contributed by atoms with Crippen molar-refractivity contribution in [2.75, 3.05) is 6.61 Å². The Morgan fingerprint density at radius 3 is 2.24 bits per heavy atom. The Kier molecular flexibility index (Phi) is 4.35. The van der Waals surface area contributed by atoms with Crippen LogP contribution in [0.1, 0.15) is 24.0 Å². The van der Waals surface area contributed by atoms with E-state index in [2.05, 4.69) is 10.4 Å². The Bertz CT molecular complexity index is 778. The van der Waals surface area contributed by atoms with Gasteiger partial charge in [0.2, 0.25) is 0 Å². The number of amides is 1. The van der Waals surface area contributed by atoms with Crippen molar-refractivity contribution < 1.29 is 24.5 Å². The highest BCUT2D eigenvalue weighted by Crippen LogP contribution is 2.44. The summed E-state index contributed by atoms with van der Waals surface area (Å²) in [7, 11) is 0. The normalized spacial score (nSPS) is 15.4. The maximum Gasteiger partial charge on any atom is 0.407 e. The molecule has 6 heteroatoms. The third-order valence-electron chi connectivity index (χ3n) is 4.35. The van der Waals surface area contributed by atoms with E-state index in [1.165, 1.54) is 6.92 Å². The maximum atomic E-state index is 12.0. The second kappa shape index (κ2) is 6.94. The fraction of sp³-hybridized carbons (Fsp3) is 0.263. The molecule has 1 amide bonds. The van der Waals surface area contributed by atoms with Crippen LogP contribution in [0.2, 0.25) is 0 Å². The number of aliphatic hydroxyl groups excluding tert-OH is 1. The summed E-state index contributed by atoms with van der Waals surface area (Å²) in [6.07, 6.45) is -2.07. The van der Waals surface area contributed by atoms with E-state index in [4.69, 9.17) is 6.17 Å². The van der Waals surface area contributed by atoms with Crippen LogP contribution in [-0.4, -0.2) is 41.0 Å². The molecule has 1 aliphatic carbocycles. The molecular formula is C19H19NO5. The minimum Gasteiger partial charge on any atom is -0.480 e. The average molecular weight is 342 g/mol. The van der Waals surface area contributed by atoms with Gasteiger partial charge in [-0.15, -0.1) is 0 Å². The molecule has 0 saturated carbocycles. The summed E-state index contributed by atoms with van der Waals surface area (Å²) in [4.78, 5) is 23.5. The van der Waals surface area contributed by atoms with E-state index in [0.29, 0.717) is 0 Å². The summed E-state index contributed by atoms with van der Waals surface area (Å²) >= 11 is 0. The summed E-state index contributed by atoms with van der Waals surface area (Å²) < 4.78 is 11.9. The van der Waals surface area contributed by atoms with Crippen LogP contribution < -0.4 is 5.32 Å². The van der Waals surface area contributed by atoms with Crippen molar-refractivity contribution in [1.29, 1.82) is 1.43 Å². The predicted octanol–water partition coefficient (Wildman–Crippen LogP) is 2.36. The predicted molar refractivity (Wildman–Crippen MR) is 91.3 cm³/mol. The zero-order valence-corrected chi connectivity index (χ0v) is 13.6. The number of rotatable bonds is 5. The molecule has 130 valence electrons. The molecule has 0 radical (unpaired) electrons. The van der Waals surface area contributed by atoms with Gasteiger partial charge in [0.1, 0.15) is 6.61 Å². The lowest BCUT2D eigenvalue weighted by Gasteiger charge is -2.18. The number of ether oxygens (including phenoxy) is 1. The zero-order chi connectivity index (χ0) is 18.7. The van der Waals surface area contributed by atoms with Gasteiger partial charge < -0.3 is 20.3 Å². The smallest absolute Gasteiger partial charge is 0.407 e. The highest BCUT2D eigenvalue weighted by atomic mass is 16.5. The van der Waals surface area contributed by atoms with E-state index in [-0.39, 0.29) is 12.5 Å². The lowest BCUT2D eigenvalue weighted by atomic mass is 9.98. The molecule has 0 unspecified atom stereocenters. The van der Waals surface area contributed by atoms with Crippen LogP contribution in [-0.2, 0) is 9.53 Å². The van der Waals surface area contributed by atoms with Crippen LogP contribution >= 0.6 is 0 Å². The van der Waals surface area contributed by atoms with Gasteiger partial charge in [-0.3, -0.25) is 0 Å². The number of alkyl carbamates (subject to hydrolysis) is 1. The standard InChI is InChI=1S/C19H19NO5/c1-11(21)17(18(22)23)20-19(24)25-10-16-14-8-4-2-6-12(14)13-7-3-5-9-15(13)16/h2-9,11,16-17,21H,10H2,1H3,(H,20,24)(H,22,23)/t11-,17+/m1/s1/i/hD. The summed E-state index contributed by atoms with van der Waals surface area (Å²) in [5.74, 6) is -1.17. The quantitative estimate of drug-likeness (QED) is 0.775. The number of fused-ring (bicyclic) bond motifs is 3. The van der Waals surface area contributed by atoms with E-state index in [1.54, 1.807) is 0 Å². The largest absolute Gasteiger partial charge is 0.480 e. The van der Waals surface area contributed by atoms with Gasteiger partial charge >= 0.3 is 12.1 Å². The SMILES string of the molecule is [2H]OC(=O)[C@@H](NC(=O)OCC1c2ccccc2-c2ccccc21)[C@@H](C)O. The minimum atomic E-state index is -1.36. The molecule has 0 saturated heterocycles. The molecule has 1 aliphatic rings. The first kappa shape index (κ1) is 15.7. The molecule has 2 aromatic carbocycles. The van der Waals surface area contributed by atoms with Gasteiger partial charge in [0.25, 0.3) is 1.43 Å². The Hall–Kier alpha value is -2.86. The molecule has 2 atom stereocenters. The number of aliphatic hydroxyl groups is 1. The number of hydrogen-bond donors (Lipinski definition) is 3. The number of carbonyl (C=O) groups is 2. The first-order valence-corrected chi connectivity index (χ1v) is 7.99. The first-order valence-electron chi connectivity index (χ1n) is 8.40. The molecular weight excluding hydrogens is 322 g/mol. The monoisotopic (exact) mass is 342 g/mol. The van der Waals surface area contributed by atoms with E-state index in [9.17, 15) is 14.7 Å². The number of nitrogens with one attached hydrogen (secondary N) is 1. The van der Waals surface area contributed by atoms with E-state index < -0.39 is 24.2 Å². The Balaban J connectivity index is 1.72. The number of carbonyl (C=O) groups excluding carboxylic acids is 1. The van der Waals surface area contributed by atoms with Crippen LogP contribution in [0.15, 0.2) is 48.5 Å². The molecule has 0 aliphatic heterocycles. The Morgan fingerprint density at radius 1 is 1.16 bits per heavy atom. The van der Waals surface area contributed by atoms with Crippen molar-refractivity contribution in [3.63, 3.8) is 0 Å². The van der Waals surface area contributed by atoms with Gasteiger partial charge in [0, 0.05) is 5.92 Å². The highest BCUT2D eigenvalue weighted by molar-refractivity contribution is 5.81. The van der Waals surface area contributed by atoms with Crippen molar-refractivity contribution >= 4 is 12.1 Å². The average Bonchev–Trinajstić information content (AvgIpc) is 2.97. The zero-order valence-electron chi connectivity index (χ0n) is 14.6. The summed E-state index contributed by atoms with van der Waals surface area (Å²) in [6, 6.07) is 14.5. The number of aliphatic carboxylic acids is 1. The lowest BCUT2D eigenvalue weighted by Crippen LogP contribution is -2.48. The Morgan fingerprint density at radius 2 is 1.72 bits per heavy atom. The van der Waals surface area contributed by atoms with Crippen LogP contribution in [0.25, 0.3) is 12.6 Å². The molecule has 0 spiro atoms. The van der Waals surface area contributed by atoms with E-state index >= 15 is 0 Å². The van der Waals surface area contributed by atoms with Crippen LogP contribution in [0.5, 0.6) is 0 Å². The molecule has 2 aromatic rings. The number of carboxylic acids is 1. The summed E-state index contributed by atoms with van der Waals surface area (Å²) in [5.41, 5.74) is 4.35. The van der Waals surface area contributed by atoms with Crippen LogP contribution in [0.3, 0.4) is 0 Å². The van der Waals surface area contributed by atoms with Crippen molar-refractivity contribution in [3.8, 4) is 11.1 Å². The summed E-state index contributed by atoms with van der Waals surface area (Å²) in [5, 5.41) is 15.6. The second-order valence-electron chi connectivity index (χ2n) is 6.01. The fourth-order valence-corrected chi connectivity index (χ4v) is 3.14. The second-order valence-corrected chi connectivity index (χ2v) is 6.01. The number of benzene rings is 2. The molecule has 0 heterocycles. The van der Waals surface area contributed by atoms with E-state index in [1.807, 2.05) is 48.5 Å². The van der Waals surface area contributed by atoms with Crippen molar-refractivity contribution in [3.05, 3.63) is 59.7 Å². The van der Waals surface area contributed by atoms with Crippen molar-refractivity contribution in [2.24, 2.45) is 0 Å². The van der Waals surface area contributed by atoms with Gasteiger partial charge in [-0.05, 0) is 29.2 Å². The van der Waals surface area contributed by atoms with Crippen LogP contribution in [0, 0.1) is 0 Å². The van der Waals surface area contributed by atoms with Gasteiger partial charge in [-0.2, -0.15) is 0 Å². The minimum absolute atomic E-state index is 0.0856. The molecule has 3 N–H and O–H groups in total. The molecule has 25 heavy (non-hydrogen) atoms. The third kappa shape index (κ3) is 3.34. The Labute approximate surface area is 146 Å².